The smallest absolute Gasteiger partial charge is 0.0678 e. The molecule has 3 nitrogen and oxygen atoms in total. The third-order valence-electron chi connectivity index (χ3n) is 4.00. The fraction of sp³-hybridized carbons (Fsp3) is 0.467. The topological polar surface area (TPSA) is 45.0 Å². The van der Waals surface area contributed by atoms with Crippen molar-refractivity contribution in [3.8, 4) is 0 Å². The van der Waals surface area contributed by atoms with Crippen molar-refractivity contribution in [2.24, 2.45) is 16.1 Å². The molecule has 1 heterocycles. The van der Waals surface area contributed by atoms with Gasteiger partial charge < -0.3 is 5.11 Å². The zero-order valence-electron chi connectivity index (χ0n) is 10.8. The van der Waals surface area contributed by atoms with Crippen molar-refractivity contribution in [3.63, 3.8) is 0 Å². The quantitative estimate of drug-likeness (QED) is 0.808. The first-order chi connectivity index (χ1) is 8.57. The van der Waals surface area contributed by atoms with Gasteiger partial charge in [-0.05, 0) is 25.8 Å². The second-order valence-corrected chi connectivity index (χ2v) is 5.71. The Kier molecular flexibility index (Phi) is 2.59. The van der Waals surface area contributed by atoms with Crippen LogP contribution in [0.3, 0.4) is 0 Å². The van der Waals surface area contributed by atoms with Gasteiger partial charge in [-0.3, -0.25) is 0 Å². The van der Waals surface area contributed by atoms with Gasteiger partial charge in [0, 0.05) is 24.0 Å². The van der Waals surface area contributed by atoms with Gasteiger partial charge >= 0.3 is 0 Å². The molecule has 94 valence electrons. The van der Waals surface area contributed by atoms with Gasteiger partial charge in [-0.25, -0.2) is 0 Å². The van der Waals surface area contributed by atoms with Gasteiger partial charge in [0.1, 0.15) is 0 Å². The number of hydrogen-bond acceptors (Lipinski definition) is 3. The molecule has 3 rings (SSSR count). The maximum absolute atomic E-state index is 10.4. The summed E-state index contributed by atoms with van der Waals surface area (Å²) in [5.41, 5.74) is 2.72. The summed E-state index contributed by atoms with van der Waals surface area (Å²) in [7, 11) is 0. The van der Waals surface area contributed by atoms with E-state index in [0.29, 0.717) is 12.3 Å². The zero-order chi connectivity index (χ0) is 12.8. The van der Waals surface area contributed by atoms with Gasteiger partial charge in [0.05, 0.1) is 11.3 Å². The summed E-state index contributed by atoms with van der Waals surface area (Å²) in [6, 6.07) is 10.4. The lowest BCUT2D eigenvalue weighted by Crippen LogP contribution is -2.42. The van der Waals surface area contributed by atoms with Crippen molar-refractivity contribution in [1.82, 2.24) is 0 Å². The van der Waals surface area contributed by atoms with E-state index >= 15 is 0 Å². The van der Waals surface area contributed by atoms with Crippen molar-refractivity contribution >= 4 is 11.4 Å². The Morgan fingerprint density at radius 1 is 1.22 bits per heavy atom. The highest BCUT2D eigenvalue weighted by atomic mass is 16.3. The summed E-state index contributed by atoms with van der Waals surface area (Å²) >= 11 is 0. The van der Waals surface area contributed by atoms with Crippen LogP contribution < -0.4 is 0 Å². The first-order valence-corrected chi connectivity index (χ1v) is 6.45. The van der Waals surface area contributed by atoms with Gasteiger partial charge in [0.25, 0.3) is 0 Å². The molecular weight excluding hydrogens is 224 g/mol. The minimum atomic E-state index is -0.671. The molecule has 0 bridgehead atoms. The van der Waals surface area contributed by atoms with Crippen molar-refractivity contribution in [1.29, 1.82) is 0 Å². The number of rotatable bonds is 1. The van der Waals surface area contributed by atoms with E-state index in [2.05, 4.69) is 34.5 Å². The summed E-state index contributed by atoms with van der Waals surface area (Å²) in [5.74, 6) is 0.576. The fourth-order valence-electron chi connectivity index (χ4n) is 3.24. The van der Waals surface area contributed by atoms with Gasteiger partial charge in [-0.1, -0.05) is 30.3 Å². The van der Waals surface area contributed by atoms with Crippen molar-refractivity contribution in [3.05, 3.63) is 35.9 Å². The molecule has 18 heavy (non-hydrogen) atoms. The molecular formula is C15H18N2O. The molecule has 1 aromatic carbocycles. The molecule has 2 aliphatic rings. The molecule has 1 aromatic rings. The predicted octanol–water partition coefficient (Wildman–Crippen LogP) is 2.76. The maximum Gasteiger partial charge on any atom is 0.0678 e. The van der Waals surface area contributed by atoms with Crippen molar-refractivity contribution in [2.75, 3.05) is 0 Å². The normalized spacial score (nSPS) is 34.8. The predicted molar refractivity (Wildman–Crippen MR) is 73.1 cm³/mol. The highest BCUT2D eigenvalue weighted by Gasteiger charge is 2.44. The van der Waals surface area contributed by atoms with Crippen molar-refractivity contribution < 1.29 is 5.11 Å². The molecule has 0 unspecified atom stereocenters. The molecule has 0 radical (unpaired) electrons. The van der Waals surface area contributed by atoms with E-state index in [1.54, 1.807) is 0 Å². The summed E-state index contributed by atoms with van der Waals surface area (Å²) in [4.78, 5) is 0. The van der Waals surface area contributed by atoms with Gasteiger partial charge in [0.15, 0.2) is 0 Å². The van der Waals surface area contributed by atoms with Crippen LogP contribution in [0.2, 0.25) is 0 Å². The van der Waals surface area contributed by atoms with Crippen molar-refractivity contribution in [2.45, 2.75) is 38.2 Å². The second-order valence-electron chi connectivity index (χ2n) is 5.71. The van der Waals surface area contributed by atoms with E-state index in [-0.39, 0.29) is 5.92 Å². The molecule has 0 saturated heterocycles. The fourth-order valence-corrected chi connectivity index (χ4v) is 3.24. The second kappa shape index (κ2) is 4.02. The molecule has 1 fully saturated rings. The van der Waals surface area contributed by atoms with Crippen LogP contribution in [0, 0.1) is 5.92 Å². The highest BCUT2D eigenvalue weighted by Crippen LogP contribution is 2.43. The maximum atomic E-state index is 10.4. The van der Waals surface area contributed by atoms with Crippen LogP contribution in [0.4, 0.5) is 0 Å². The molecule has 0 amide bonds. The van der Waals surface area contributed by atoms with Gasteiger partial charge in [-0.15, -0.1) is 0 Å². The molecule has 3 heteroatoms. The zero-order valence-corrected chi connectivity index (χ0v) is 10.8. The summed E-state index contributed by atoms with van der Waals surface area (Å²) in [5, 5.41) is 18.9. The molecule has 3 atom stereocenters. The third-order valence-corrected chi connectivity index (χ3v) is 4.00. The van der Waals surface area contributed by atoms with Crippen LogP contribution in [0.1, 0.15) is 38.2 Å². The van der Waals surface area contributed by atoms with Crippen LogP contribution in [0.5, 0.6) is 0 Å². The molecule has 0 spiro atoms. The Morgan fingerprint density at radius 3 is 2.67 bits per heavy atom. The molecule has 1 aliphatic heterocycles. The number of fused-ring (bicyclic) bond motifs is 1. The lowest BCUT2D eigenvalue weighted by Gasteiger charge is -2.38. The Balaban J connectivity index is 2.01. The first-order valence-electron chi connectivity index (χ1n) is 6.45. The molecule has 1 saturated carbocycles. The monoisotopic (exact) mass is 242 g/mol. The van der Waals surface area contributed by atoms with Gasteiger partial charge in [0.2, 0.25) is 0 Å². The summed E-state index contributed by atoms with van der Waals surface area (Å²) < 4.78 is 0. The van der Waals surface area contributed by atoms with E-state index in [1.807, 2.05) is 19.9 Å². The lowest BCUT2D eigenvalue weighted by atomic mass is 9.67. The Bertz CT molecular complexity index is 517. The standard InChI is InChI=1S/C15H18N2O/c1-10-14-12(11-6-4-3-5-7-11)8-15(2,18)9-13(14)17-16-10/h3-7,12,14,18H,8-9H2,1-2H3/t12-,14-,15+/m0/s1. The minimum Gasteiger partial charge on any atom is -0.390 e. The number of benzene rings is 1. The van der Waals surface area contributed by atoms with Crippen LogP contribution in [0.25, 0.3) is 0 Å². The average molecular weight is 242 g/mol. The highest BCUT2D eigenvalue weighted by molar-refractivity contribution is 6.11. The van der Waals surface area contributed by atoms with Crippen LogP contribution in [-0.2, 0) is 0 Å². The Hall–Kier alpha value is -1.48. The van der Waals surface area contributed by atoms with E-state index < -0.39 is 5.60 Å². The SMILES string of the molecule is CC1=NN=C2C[C@](C)(O)C[C@@H](c3ccccc3)[C@H]12. The molecule has 1 aliphatic carbocycles. The average Bonchev–Trinajstić information content (AvgIpc) is 2.69. The van der Waals surface area contributed by atoms with E-state index in [0.717, 1.165) is 17.8 Å². The summed E-state index contributed by atoms with van der Waals surface area (Å²) in [6.45, 7) is 3.94. The van der Waals surface area contributed by atoms with Crippen LogP contribution >= 0.6 is 0 Å². The van der Waals surface area contributed by atoms with E-state index in [9.17, 15) is 5.11 Å². The van der Waals surface area contributed by atoms with E-state index in [1.165, 1.54) is 5.56 Å². The van der Waals surface area contributed by atoms with Crippen LogP contribution in [-0.4, -0.2) is 22.1 Å². The summed E-state index contributed by atoms with van der Waals surface area (Å²) in [6.07, 6.45) is 1.41. The Labute approximate surface area is 107 Å². The molecule has 1 N–H and O–H groups in total. The molecule has 0 aromatic heterocycles. The van der Waals surface area contributed by atoms with Gasteiger partial charge in [-0.2, -0.15) is 10.2 Å². The largest absolute Gasteiger partial charge is 0.390 e. The number of hydrogen-bond donors (Lipinski definition) is 1. The van der Waals surface area contributed by atoms with E-state index in [4.69, 9.17) is 0 Å². The van der Waals surface area contributed by atoms with Crippen LogP contribution in [0.15, 0.2) is 40.5 Å². The lowest BCUT2D eigenvalue weighted by molar-refractivity contribution is 0.0401. The third kappa shape index (κ3) is 1.89. The minimum absolute atomic E-state index is 0.285. The number of aliphatic hydroxyl groups is 1. The Morgan fingerprint density at radius 2 is 1.94 bits per heavy atom. The number of nitrogens with zero attached hydrogens (tertiary/aromatic N) is 2. The first kappa shape index (κ1) is 11.6.